The van der Waals surface area contributed by atoms with Crippen LogP contribution in [0.4, 0.5) is 5.82 Å². The zero-order chi connectivity index (χ0) is 16.2. The van der Waals surface area contributed by atoms with Crippen molar-refractivity contribution in [1.82, 2.24) is 24.6 Å². The number of hydrogen-bond donors (Lipinski definition) is 1. The Labute approximate surface area is 134 Å². The monoisotopic (exact) mass is 312 g/mol. The average molecular weight is 312 g/mol. The second-order valence-corrected chi connectivity index (χ2v) is 5.53. The van der Waals surface area contributed by atoms with Gasteiger partial charge < -0.3 is 10.1 Å². The molecule has 0 aromatic carbocycles. The molecule has 0 saturated heterocycles. The van der Waals surface area contributed by atoms with E-state index in [2.05, 4.69) is 39.3 Å². The molecule has 3 heterocycles. The molecule has 1 N–H and O–H groups in total. The summed E-state index contributed by atoms with van der Waals surface area (Å²) >= 11 is 0. The van der Waals surface area contributed by atoms with Crippen LogP contribution in [0.5, 0.6) is 5.88 Å². The summed E-state index contributed by atoms with van der Waals surface area (Å²) in [4.78, 5) is 8.36. The molecule has 0 aliphatic heterocycles. The molecule has 3 rings (SSSR count). The fourth-order valence-corrected chi connectivity index (χ4v) is 2.41. The molecule has 3 aromatic heterocycles. The van der Waals surface area contributed by atoms with Crippen LogP contribution in [0.25, 0.3) is 5.65 Å². The lowest BCUT2D eigenvalue weighted by molar-refractivity contribution is 0.326. The predicted octanol–water partition coefficient (Wildman–Crippen LogP) is 2.73. The van der Waals surface area contributed by atoms with Gasteiger partial charge in [0.15, 0.2) is 11.5 Å². The van der Waals surface area contributed by atoms with Crippen LogP contribution >= 0.6 is 0 Å². The van der Waals surface area contributed by atoms with Gasteiger partial charge in [-0.05, 0) is 25.0 Å². The summed E-state index contributed by atoms with van der Waals surface area (Å²) in [5.74, 6) is 2.41. The third kappa shape index (κ3) is 3.23. The van der Waals surface area contributed by atoms with Gasteiger partial charge in [0, 0.05) is 12.3 Å². The first kappa shape index (κ1) is 15.2. The van der Waals surface area contributed by atoms with Crippen molar-refractivity contribution in [2.45, 2.75) is 26.8 Å². The number of pyridine rings is 1. The number of rotatable bonds is 6. The lowest BCUT2D eigenvalue weighted by atomic mass is 10.0. The van der Waals surface area contributed by atoms with E-state index in [1.54, 1.807) is 6.07 Å². The van der Waals surface area contributed by atoms with E-state index in [0.29, 0.717) is 24.2 Å². The molecule has 0 bridgehead atoms. The number of nitrogens with one attached hydrogen (secondary N) is 1. The summed E-state index contributed by atoms with van der Waals surface area (Å²) in [6.45, 7) is 6.76. The van der Waals surface area contributed by atoms with Gasteiger partial charge in [-0.25, -0.2) is 9.97 Å². The van der Waals surface area contributed by atoms with Gasteiger partial charge in [-0.2, -0.15) is 0 Å². The van der Waals surface area contributed by atoms with Crippen LogP contribution in [-0.2, 0) is 0 Å². The van der Waals surface area contributed by atoms with E-state index < -0.39 is 0 Å². The molecular formula is C16H20N6O. The third-order valence-corrected chi connectivity index (χ3v) is 3.52. The van der Waals surface area contributed by atoms with Crippen LogP contribution < -0.4 is 10.1 Å². The van der Waals surface area contributed by atoms with Crippen molar-refractivity contribution in [2.24, 2.45) is 5.92 Å². The van der Waals surface area contributed by atoms with Crippen LogP contribution in [0.15, 0.2) is 36.8 Å². The quantitative estimate of drug-likeness (QED) is 0.754. The largest absolute Gasteiger partial charge is 0.478 e. The van der Waals surface area contributed by atoms with Crippen LogP contribution in [0.1, 0.15) is 32.6 Å². The lowest BCUT2D eigenvalue weighted by Crippen LogP contribution is -2.20. The summed E-state index contributed by atoms with van der Waals surface area (Å²) in [5.41, 5.74) is 0.827. The molecule has 23 heavy (non-hydrogen) atoms. The minimum Gasteiger partial charge on any atom is -0.478 e. The highest BCUT2D eigenvalue weighted by Gasteiger charge is 2.22. The molecule has 0 amide bonds. The Bertz CT molecular complexity index is 785. The number of ether oxygens (including phenoxy) is 1. The van der Waals surface area contributed by atoms with Crippen molar-refractivity contribution < 1.29 is 4.74 Å². The standard InChI is InChI=1S/C16H20N6O/c1-4-23-14-9-12(17-10-18-14)19-15(11(2)3)16-21-20-13-7-5-6-8-22(13)16/h5-11,15H,4H2,1-3H3,(H,17,18,19). The van der Waals surface area contributed by atoms with Crippen molar-refractivity contribution in [3.8, 4) is 5.88 Å². The molecule has 3 aromatic rings. The van der Waals surface area contributed by atoms with Crippen LogP contribution in [0.3, 0.4) is 0 Å². The Morgan fingerprint density at radius 3 is 2.87 bits per heavy atom. The number of aromatic nitrogens is 5. The molecule has 0 fully saturated rings. The van der Waals surface area contributed by atoms with E-state index in [-0.39, 0.29) is 6.04 Å². The Morgan fingerprint density at radius 2 is 2.09 bits per heavy atom. The van der Waals surface area contributed by atoms with Gasteiger partial charge >= 0.3 is 0 Å². The van der Waals surface area contributed by atoms with Crippen molar-refractivity contribution in [2.75, 3.05) is 11.9 Å². The van der Waals surface area contributed by atoms with Gasteiger partial charge in [-0.1, -0.05) is 19.9 Å². The molecule has 120 valence electrons. The van der Waals surface area contributed by atoms with Crippen molar-refractivity contribution in [3.63, 3.8) is 0 Å². The summed E-state index contributed by atoms with van der Waals surface area (Å²) in [6, 6.07) is 7.62. The fraction of sp³-hybridized carbons (Fsp3) is 0.375. The molecular weight excluding hydrogens is 292 g/mol. The minimum absolute atomic E-state index is 0.0308. The molecule has 0 radical (unpaired) electrons. The number of hydrogen-bond acceptors (Lipinski definition) is 6. The summed E-state index contributed by atoms with van der Waals surface area (Å²) in [6.07, 6.45) is 3.46. The highest BCUT2D eigenvalue weighted by atomic mass is 16.5. The van der Waals surface area contributed by atoms with Crippen LogP contribution in [-0.4, -0.2) is 31.2 Å². The molecule has 0 spiro atoms. The van der Waals surface area contributed by atoms with Crippen molar-refractivity contribution in [1.29, 1.82) is 0 Å². The highest BCUT2D eigenvalue weighted by molar-refractivity contribution is 5.42. The Kier molecular flexibility index (Phi) is 4.36. The fourth-order valence-electron chi connectivity index (χ4n) is 2.41. The number of nitrogens with zero attached hydrogens (tertiary/aromatic N) is 5. The molecule has 0 aliphatic rings. The maximum atomic E-state index is 5.43. The van der Waals surface area contributed by atoms with Gasteiger partial charge in [0.2, 0.25) is 5.88 Å². The maximum Gasteiger partial charge on any atom is 0.218 e. The van der Waals surface area contributed by atoms with E-state index in [1.807, 2.05) is 35.7 Å². The Morgan fingerprint density at radius 1 is 1.22 bits per heavy atom. The normalized spacial score (nSPS) is 12.5. The molecule has 7 nitrogen and oxygen atoms in total. The van der Waals surface area contributed by atoms with Gasteiger partial charge in [0.25, 0.3) is 0 Å². The van der Waals surface area contributed by atoms with E-state index in [1.165, 1.54) is 6.33 Å². The zero-order valence-corrected chi connectivity index (χ0v) is 13.5. The summed E-state index contributed by atoms with van der Waals surface area (Å²) in [5, 5.41) is 12.0. The number of fused-ring (bicyclic) bond motifs is 1. The van der Waals surface area contributed by atoms with Gasteiger partial charge in [-0.3, -0.25) is 4.40 Å². The lowest BCUT2D eigenvalue weighted by Gasteiger charge is -2.21. The van der Waals surface area contributed by atoms with E-state index in [4.69, 9.17) is 4.74 Å². The van der Waals surface area contributed by atoms with Crippen molar-refractivity contribution in [3.05, 3.63) is 42.6 Å². The predicted molar refractivity (Wildman–Crippen MR) is 87.4 cm³/mol. The molecule has 7 heteroatoms. The molecule has 0 aliphatic carbocycles. The first-order valence-corrected chi connectivity index (χ1v) is 7.70. The van der Waals surface area contributed by atoms with E-state index >= 15 is 0 Å². The summed E-state index contributed by atoms with van der Waals surface area (Å²) in [7, 11) is 0. The second-order valence-electron chi connectivity index (χ2n) is 5.53. The van der Waals surface area contributed by atoms with Crippen LogP contribution in [0, 0.1) is 5.92 Å². The average Bonchev–Trinajstić information content (AvgIpc) is 2.97. The first-order valence-electron chi connectivity index (χ1n) is 7.70. The zero-order valence-electron chi connectivity index (χ0n) is 13.5. The minimum atomic E-state index is -0.0308. The Hall–Kier alpha value is -2.70. The summed E-state index contributed by atoms with van der Waals surface area (Å²) < 4.78 is 7.41. The Balaban J connectivity index is 1.92. The number of anilines is 1. The molecule has 1 unspecified atom stereocenters. The van der Waals surface area contributed by atoms with Gasteiger partial charge in [0.05, 0.1) is 12.6 Å². The van der Waals surface area contributed by atoms with Crippen LogP contribution in [0.2, 0.25) is 0 Å². The van der Waals surface area contributed by atoms with Gasteiger partial charge in [-0.15, -0.1) is 10.2 Å². The second kappa shape index (κ2) is 6.60. The van der Waals surface area contributed by atoms with Crippen molar-refractivity contribution >= 4 is 11.5 Å². The maximum absolute atomic E-state index is 5.43. The third-order valence-electron chi connectivity index (χ3n) is 3.52. The smallest absolute Gasteiger partial charge is 0.218 e. The van der Waals surface area contributed by atoms with E-state index in [9.17, 15) is 0 Å². The molecule has 0 saturated carbocycles. The topological polar surface area (TPSA) is 77.2 Å². The molecule has 1 atom stereocenters. The SMILES string of the molecule is CCOc1cc(NC(c2nnc3ccccn23)C(C)C)ncn1. The first-order chi connectivity index (χ1) is 11.2. The van der Waals surface area contributed by atoms with E-state index in [0.717, 1.165) is 11.5 Å². The highest BCUT2D eigenvalue weighted by Crippen LogP contribution is 2.25. The van der Waals surface area contributed by atoms with Gasteiger partial charge in [0.1, 0.15) is 12.1 Å².